The van der Waals surface area contributed by atoms with E-state index in [1.807, 2.05) is 13.3 Å². The van der Waals surface area contributed by atoms with Crippen LogP contribution in [0.15, 0.2) is 22.7 Å². The number of amides is 1. The van der Waals surface area contributed by atoms with Crippen LogP contribution >= 0.6 is 27.7 Å². The van der Waals surface area contributed by atoms with E-state index in [1.165, 1.54) is 0 Å². The number of hydrogen-bond donors (Lipinski definition) is 0. The molecule has 1 aromatic carbocycles. The highest BCUT2D eigenvalue weighted by Gasteiger charge is 2.12. The van der Waals surface area contributed by atoms with Gasteiger partial charge in [0.2, 0.25) is 0 Å². The van der Waals surface area contributed by atoms with E-state index in [0.29, 0.717) is 5.56 Å². The third kappa shape index (κ3) is 3.92. The first kappa shape index (κ1) is 14.4. The summed E-state index contributed by atoms with van der Waals surface area (Å²) in [6, 6.07) is 5.36. The first-order valence-electron chi connectivity index (χ1n) is 5.18. The fraction of sp³-hybridized carbons (Fsp3) is 0.417. The van der Waals surface area contributed by atoms with Gasteiger partial charge in [-0.15, -0.1) is 0 Å². The number of methoxy groups -OCH3 is 1. The zero-order chi connectivity index (χ0) is 12.8. The van der Waals surface area contributed by atoms with Crippen LogP contribution in [-0.2, 0) is 0 Å². The molecule has 1 aromatic rings. The van der Waals surface area contributed by atoms with Gasteiger partial charge in [0.25, 0.3) is 5.91 Å². The van der Waals surface area contributed by atoms with Crippen molar-refractivity contribution in [2.75, 3.05) is 32.7 Å². The Bertz CT molecular complexity index is 398. The number of halogens is 1. The number of nitrogens with zero attached hydrogens (tertiary/aromatic N) is 1. The summed E-state index contributed by atoms with van der Waals surface area (Å²) < 4.78 is 5.93. The summed E-state index contributed by atoms with van der Waals surface area (Å²) in [5, 5.41) is 0. The molecule has 17 heavy (non-hydrogen) atoms. The summed E-state index contributed by atoms with van der Waals surface area (Å²) >= 11 is 5.11. The third-order valence-electron chi connectivity index (χ3n) is 2.38. The minimum atomic E-state index is 0.0300. The van der Waals surface area contributed by atoms with Crippen LogP contribution in [0.1, 0.15) is 10.4 Å². The predicted molar refractivity (Wildman–Crippen MR) is 76.0 cm³/mol. The van der Waals surface area contributed by atoms with Crippen LogP contribution in [0.4, 0.5) is 0 Å². The molecule has 0 bridgehead atoms. The molecule has 0 unspecified atom stereocenters. The van der Waals surface area contributed by atoms with Crippen molar-refractivity contribution < 1.29 is 9.53 Å². The van der Waals surface area contributed by atoms with Gasteiger partial charge in [0.1, 0.15) is 5.75 Å². The van der Waals surface area contributed by atoms with Crippen LogP contribution in [0.25, 0.3) is 0 Å². The summed E-state index contributed by atoms with van der Waals surface area (Å²) in [4.78, 5) is 13.8. The molecule has 0 radical (unpaired) electrons. The van der Waals surface area contributed by atoms with Crippen molar-refractivity contribution in [2.24, 2.45) is 0 Å². The molecule has 94 valence electrons. The Morgan fingerprint density at radius 1 is 1.53 bits per heavy atom. The van der Waals surface area contributed by atoms with Crippen molar-refractivity contribution in [1.29, 1.82) is 0 Å². The summed E-state index contributed by atoms with van der Waals surface area (Å²) in [5.74, 6) is 1.70. The molecule has 1 rings (SSSR count). The molecular formula is C12H16BrNO2S. The molecule has 0 saturated heterocycles. The van der Waals surface area contributed by atoms with Gasteiger partial charge in [0.15, 0.2) is 0 Å². The van der Waals surface area contributed by atoms with Gasteiger partial charge < -0.3 is 9.64 Å². The van der Waals surface area contributed by atoms with Crippen LogP contribution in [0.2, 0.25) is 0 Å². The van der Waals surface area contributed by atoms with E-state index in [2.05, 4.69) is 15.9 Å². The number of ether oxygens (including phenoxy) is 1. The van der Waals surface area contributed by atoms with E-state index in [9.17, 15) is 4.79 Å². The van der Waals surface area contributed by atoms with Gasteiger partial charge in [0.05, 0.1) is 11.6 Å². The molecule has 0 spiro atoms. The molecule has 5 heteroatoms. The maximum Gasteiger partial charge on any atom is 0.253 e. The summed E-state index contributed by atoms with van der Waals surface area (Å²) in [6.45, 7) is 0.754. The maximum absolute atomic E-state index is 12.1. The molecule has 0 N–H and O–H groups in total. The fourth-order valence-corrected chi connectivity index (χ4v) is 2.35. The van der Waals surface area contributed by atoms with Crippen molar-refractivity contribution in [2.45, 2.75) is 0 Å². The number of rotatable bonds is 5. The average Bonchev–Trinajstić information content (AvgIpc) is 2.34. The first-order valence-corrected chi connectivity index (χ1v) is 7.36. The van der Waals surface area contributed by atoms with Gasteiger partial charge in [-0.2, -0.15) is 11.8 Å². The topological polar surface area (TPSA) is 29.5 Å². The molecule has 1 amide bonds. The van der Waals surface area contributed by atoms with Crippen LogP contribution in [-0.4, -0.2) is 43.5 Å². The van der Waals surface area contributed by atoms with Crippen LogP contribution in [0.5, 0.6) is 5.75 Å². The maximum atomic E-state index is 12.1. The highest BCUT2D eigenvalue weighted by Crippen LogP contribution is 2.25. The van der Waals surface area contributed by atoms with Gasteiger partial charge in [-0.25, -0.2) is 0 Å². The molecule has 0 aliphatic carbocycles. The van der Waals surface area contributed by atoms with Gasteiger partial charge >= 0.3 is 0 Å². The summed E-state index contributed by atoms with van der Waals surface area (Å²) in [7, 11) is 3.42. The van der Waals surface area contributed by atoms with Crippen molar-refractivity contribution in [1.82, 2.24) is 4.90 Å². The first-order chi connectivity index (χ1) is 8.10. The van der Waals surface area contributed by atoms with Crippen molar-refractivity contribution in [3.05, 3.63) is 28.2 Å². The van der Waals surface area contributed by atoms with Gasteiger partial charge in [-0.05, 0) is 40.4 Å². The van der Waals surface area contributed by atoms with E-state index >= 15 is 0 Å². The Labute approximate surface area is 115 Å². The number of hydrogen-bond acceptors (Lipinski definition) is 3. The third-order valence-corrected chi connectivity index (χ3v) is 3.59. The highest BCUT2D eigenvalue weighted by molar-refractivity contribution is 9.10. The number of carbonyl (C=O) groups is 1. The van der Waals surface area contributed by atoms with Crippen LogP contribution < -0.4 is 4.74 Å². The molecule has 0 aromatic heterocycles. The van der Waals surface area contributed by atoms with E-state index in [0.717, 1.165) is 22.5 Å². The lowest BCUT2D eigenvalue weighted by atomic mass is 10.2. The Morgan fingerprint density at radius 3 is 2.76 bits per heavy atom. The summed E-state index contributed by atoms with van der Waals surface area (Å²) in [6.07, 6.45) is 2.03. The smallest absolute Gasteiger partial charge is 0.253 e. The number of benzene rings is 1. The lowest BCUT2D eigenvalue weighted by Gasteiger charge is -2.17. The van der Waals surface area contributed by atoms with E-state index < -0.39 is 0 Å². The number of carbonyl (C=O) groups excluding carboxylic acids is 1. The second kappa shape index (κ2) is 6.91. The van der Waals surface area contributed by atoms with Crippen LogP contribution in [0, 0.1) is 0 Å². The minimum absolute atomic E-state index is 0.0300. The minimum Gasteiger partial charge on any atom is -0.496 e. The Kier molecular flexibility index (Phi) is 5.85. The predicted octanol–water partition coefficient (Wildman–Crippen LogP) is 2.89. The lowest BCUT2D eigenvalue weighted by molar-refractivity contribution is 0.0803. The van der Waals surface area contributed by atoms with Gasteiger partial charge in [0, 0.05) is 24.9 Å². The zero-order valence-electron chi connectivity index (χ0n) is 10.2. The molecule has 0 saturated carbocycles. The molecule has 0 aliphatic rings. The second-order valence-corrected chi connectivity index (χ2v) is 5.41. The quantitative estimate of drug-likeness (QED) is 0.836. The lowest BCUT2D eigenvalue weighted by Crippen LogP contribution is -2.28. The van der Waals surface area contributed by atoms with Crippen molar-refractivity contribution in [3.8, 4) is 5.75 Å². The molecule has 3 nitrogen and oxygen atoms in total. The fourth-order valence-electron chi connectivity index (χ4n) is 1.35. The Balaban J connectivity index is 2.78. The normalized spacial score (nSPS) is 10.1. The summed E-state index contributed by atoms with van der Waals surface area (Å²) in [5.41, 5.74) is 0.668. The van der Waals surface area contributed by atoms with Crippen LogP contribution in [0.3, 0.4) is 0 Å². The number of thioether (sulfide) groups is 1. The Morgan fingerprint density at radius 2 is 2.24 bits per heavy atom. The van der Waals surface area contributed by atoms with Gasteiger partial charge in [-0.1, -0.05) is 0 Å². The van der Waals surface area contributed by atoms with Crippen molar-refractivity contribution in [3.63, 3.8) is 0 Å². The van der Waals surface area contributed by atoms with Gasteiger partial charge in [-0.3, -0.25) is 4.79 Å². The van der Waals surface area contributed by atoms with E-state index in [4.69, 9.17) is 4.74 Å². The highest BCUT2D eigenvalue weighted by atomic mass is 79.9. The Hall–Kier alpha value is -0.680. The molecular weight excluding hydrogens is 302 g/mol. The second-order valence-electron chi connectivity index (χ2n) is 3.57. The molecule has 0 heterocycles. The zero-order valence-corrected chi connectivity index (χ0v) is 12.6. The SMILES string of the molecule is COc1ccc(C(=O)N(C)CCSC)cc1Br. The van der Waals surface area contributed by atoms with E-state index in [-0.39, 0.29) is 5.91 Å². The van der Waals surface area contributed by atoms with Crippen molar-refractivity contribution >= 4 is 33.6 Å². The molecule has 0 fully saturated rings. The average molecular weight is 318 g/mol. The standard InChI is InChI=1S/C12H16BrNO2S/c1-14(6-7-17-3)12(15)9-4-5-11(16-2)10(13)8-9/h4-5,8H,6-7H2,1-3H3. The molecule has 0 aliphatic heterocycles. The monoisotopic (exact) mass is 317 g/mol. The largest absolute Gasteiger partial charge is 0.496 e. The van der Waals surface area contributed by atoms with E-state index in [1.54, 1.807) is 42.0 Å². The molecule has 0 atom stereocenters.